The summed E-state index contributed by atoms with van der Waals surface area (Å²) in [7, 11) is 5.79. The van der Waals surface area contributed by atoms with Crippen LogP contribution in [0.2, 0.25) is 0 Å². The molecule has 2 aromatic carbocycles. The van der Waals surface area contributed by atoms with Crippen LogP contribution in [0.15, 0.2) is 53.7 Å². The number of methoxy groups -OCH3 is 4. The van der Waals surface area contributed by atoms with Crippen LogP contribution in [0.1, 0.15) is 22.0 Å². The number of Topliss-reactive ketones (excluding diaryl/α,β-unsaturated/α-hetero) is 1. The van der Waals surface area contributed by atoms with Crippen LogP contribution < -0.4 is 19.5 Å². The predicted molar refractivity (Wildman–Crippen MR) is 115 cm³/mol. The largest absolute Gasteiger partial charge is 0.497 e. The molecule has 11 nitrogen and oxygen atoms in total. The van der Waals surface area contributed by atoms with E-state index in [1.165, 1.54) is 33.1 Å². The highest BCUT2D eigenvalue weighted by atomic mass is 16.5. The lowest BCUT2D eigenvalue weighted by atomic mass is 9.89. The summed E-state index contributed by atoms with van der Waals surface area (Å²) in [5, 5.41) is 14.5. The molecule has 0 saturated carbocycles. The normalized spacial score (nSPS) is 14.7. The molecule has 0 radical (unpaired) electrons. The molecule has 170 valence electrons. The highest BCUT2D eigenvalue weighted by Crippen LogP contribution is 2.39. The van der Waals surface area contributed by atoms with Gasteiger partial charge in [0.25, 0.3) is 0 Å². The van der Waals surface area contributed by atoms with Crippen molar-refractivity contribution in [3.05, 3.63) is 64.9 Å². The molecule has 0 bridgehead atoms. The van der Waals surface area contributed by atoms with Gasteiger partial charge in [-0.05, 0) is 52.4 Å². The summed E-state index contributed by atoms with van der Waals surface area (Å²) >= 11 is 0. The van der Waals surface area contributed by atoms with Gasteiger partial charge in [0.15, 0.2) is 17.3 Å². The Morgan fingerprint density at radius 2 is 1.67 bits per heavy atom. The van der Waals surface area contributed by atoms with Crippen molar-refractivity contribution in [2.24, 2.45) is 0 Å². The van der Waals surface area contributed by atoms with E-state index in [1.54, 1.807) is 42.5 Å². The van der Waals surface area contributed by atoms with Crippen molar-refractivity contribution < 1.29 is 28.5 Å². The van der Waals surface area contributed by atoms with E-state index in [9.17, 15) is 9.59 Å². The van der Waals surface area contributed by atoms with Gasteiger partial charge < -0.3 is 24.3 Å². The fraction of sp³-hybridized carbons (Fsp3) is 0.227. The maximum atomic E-state index is 13.7. The van der Waals surface area contributed by atoms with Crippen LogP contribution in [0.5, 0.6) is 17.2 Å². The summed E-state index contributed by atoms with van der Waals surface area (Å²) in [5.41, 5.74) is 0.997. The molecule has 0 aliphatic carbocycles. The van der Waals surface area contributed by atoms with E-state index in [-0.39, 0.29) is 17.2 Å². The fourth-order valence-corrected chi connectivity index (χ4v) is 3.62. The summed E-state index contributed by atoms with van der Waals surface area (Å²) in [6.45, 7) is 0. The number of rotatable bonds is 7. The average molecular weight is 451 g/mol. The fourth-order valence-electron chi connectivity index (χ4n) is 3.62. The lowest BCUT2D eigenvalue weighted by Crippen LogP contribution is -2.33. The number of anilines is 1. The lowest BCUT2D eigenvalue weighted by Gasteiger charge is -2.28. The van der Waals surface area contributed by atoms with Gasteiger partial charge in [-0.3, -0.25) is 4.79 Å². The van der Waals surface area contributed by atoms with Crippen LogP contribution in [0, 0.1) is 0 Å². The first-order valence-corrected chi connectivity index (χ1v) is 9.80. The van der Waals surface area contributed by atoms with Crippen LogP contribution in [-0.4, -0.2) is 60.4 Å². The van der Waals surface area contributed by atoms with Crippen LogP contribution in [0.25, 0.3) is 0 Å². The Morgan fingerprint density at radius 3 is 2.30 bits per heavy atom. The Hall–Kier alpha value is -4.41. The molecule has 3 aromatic rings. The SMILES string of the molecule is COC(=O)C1=C(C(=O)c2ccc(OC)cc2)[C@H](c2ccc(OC)c(OC)c2)n2nnnc2N1. The van der Waals surface area contributed by atoms with Crippen LogP contribution in [0.4, 0.5) is 5.95 Å². The maximum absolute atomic E-state index is 13.7. The number of fused-ring (bicyclic) bond motifs is 1. The molecule has 1 N–H and O–H groups in total. The number of carbonyl (C=O) groups excluding carboxylic acids is 2. The van der Waals surface area contributed by atoms with Crippen molar-refractivity contribution >= 4 is 17.7 Å². The molecule has 0 fully saturated rings. The number of ketones is 1. The van der Waals surface area contributed by atoms with Crippen LogP contribution >= 0.6 is 0 Å². The monoisotopic (exact) mass is 451 g/mol. The van der Waals surface area contributed by atoms with E-state index in [2.05, 4.69) is 20.8 Å². The third kappa shape index (κ3) is 3.84. The van der Waals surface area contributed by atoms with E-state index >= 15 is 0 Å². The number of benzene rings is 2. The van der Waals surface area contributed by atoms with Crippen molar-refractivity contribution in [1.82, 2.24) is 20.2 Å². The summed E-state index contributed by atoms with van der Waals surface area (Å²) in [6.07, 6.45) is 0. The van der Waals surface area contributed by atoms with Gasteiger partial charge in [-0.2, -0.15) is 4.68 Å². The average Bonchev–Trinajstić information content (AvgIpc) is 3.34. The maximum Gasteiger partial charge on any atom is 0.355 e. The number of hydrogen-bond acceptors (Lipinski definition) is 10. The molecule has 0 spiro atoms. The second-order valence-electron chi connectivity index (χ2n) is 6.93. The first-order valence-electron chi connectivity index (χ1n) is 9.80. The number of nitrogens with zero attached hydrogens (tertiary/aromatic N) is 4. The van der Waals surface area contributed by atoms with Gasteiger partial charge in [-0.25, -0.2) is 4.79 Å². The molecule has 0 amide bonds. The van der Waals surface area contributed by atoms with Crippen molar-refractivity contribution in [2.75, 3.05) is 33.8 Å². The smallest absolute Gasteiger partial charge is 0.355 e. The number of aromatic nitrogens is 4. The van der Waals surface area contributed by atoms with E-state index < -0.39 is 17.8 Å². The summed E-state index contributed by atoms with van der Waals surface area (Å²) in [4.78, 5) is 26.4. The molecule has 1 aromatic heterocycles. The molecule has 4 rings (SSSR count). The Balaban J connectivity index is 1.93. The zero-order valence-corrected chi connectivity index (χ0v) is 18.4. The molecule has 1 atom stereocenters. The number of esters is 1. The molecular weight excluding hydrogens is 430 g/mol. The van der Waals surface area contributed by atoms with Gasteiger partial charge in [0.05, 0.1) is 34.0 Å². The minimum absolute atomic E-state index is 0.0552. The van der Waals surface area contributed by atoms with Crippen molar-refractivity contribution in [3.8, 4) is 17.2 Å². The number of ether oxygens (including phenoxy) is 4. The minimum Gasteiger partial charge on any atom is -0.497 e. The Bertz CT molecular complexity index is 1230. The summed E-state index contributed by atoms with van der Waals surface area (Å²) in [6, 6.07) is 10.9. The van der Waals surface area contributed by atoms with Crippen molar-refractivity contribution in [1.29, 1.82) is 0 Å². The second kappa shape index (κ2) is 8.99. The van der Waals surface area contributed by atoms with Gasteiger partial charge in [0.1, 0.15) is 17.5 Å². The van der Waals surface area contributed by atoms with E-state index in [4.69, 9.17) is 18.9 Å². The molecule has 0 saturated heterocycles. The molecule has 11 heteroatoms. The number of nitrogens with one attached hydrogen (secondary N) is 1. The summed E-state index contributed by atoms with van der Waals surface area (Å²) in [5.74, 6) is 0.584. The number of hydrogen-bond donors (Lipinski definition) is 1. The molecule has 33 heavy (non-hydrogen) atoms. The van der Waals surface area contributed by atoms with E-state index in [0.29, 0.717) is 28.4 Å². The molecular formula is C22H21N5O6. The first-order chi connectivity index (χ1) is 16.0. The highest BCUT2D eigenvalue weighted by molar-refractivity contribution is 6.15. The third-order valence-electron chi connectivity index (χ3n) is 5.23. The number of allylic oxidation sites excluding steroid dienone is 1. The van der Waals surface area contributed by atoms with Gasteiger partial charge in [0.2, 0.25) is 5.95 Å². The molecule has 1 aliphatic heterocycles. The third-order valence-corrected chi connectivity index (χ3v) is 5.23. The first kappa shape index (κ1) is 21.8. The number of tetrazole rings is 1. The van der Waals surface area contributed by atoms with Crippen molar-refractivity contribution in [3.63, 3.8) is 0 Å². The topological polar surface area (TPSA) is 127 Å². The minimum atomic E-state index is -0.847. The van der Waals surface area contributed by atoms with E-state index in [0.717, 1.165) is 0 Å². The molecule has 1 aliphatic rings. The molecule has 0 unspecified atom stereocenters. The van der Waals surface area contributed by atoms with Gasteiger partial charge in [0, 0.05) is 5.56 Å². The Kier molecular flexibility index (Phi) is 5.94. The molecule has 2 heterocycles. The van der Waals surface area contributed by atoms with Gasteiger partial charge >= 0.3 is 5.97 Å². The quantitative estimate of drug-likeness (QED) is 0.421. The van der Waals surface area contributed by atoms with E-state index in [1.807, 2.05) is 0 Å². The van der Waals surface area contributed by atoms with Crippen molar-refractivity contribution in [2.45, 2.75) is 6.04 Å². The predicted octanol–water partition coefficient (Wildman–Crippen LogP) is 2.02. The zero-order chi connectivity index (χ0) is 23.5. The highest BCUT2D eigenvalue weighted by Gasteiger charge is 2.38. The summed E-state index contributed by atoms with van der Waals surface area (Å²) < 4.78 is 22.3. The van der Waals surface area contributed by atoms with Gasteiger partial charge in [-0.1, -0.05) is 11.2 Å². The zero-order valence-electron chi connectivity index (χ0n) is 18.4. The van der Waals surface area contributed by atoms with Gasteiger partial charge in [-0.15, -0.1) is 0 Å². The Labute approximate surface area is 188 Å². The lowest BCUT2D eigenvalue weighted by molar-refractivity contribution is -0.136. The Morgan fingerprint density at radius 1 is 0.939 bits per heavy atom. The van der Waals surface area contributed by atoms with Crippen LogP contribution in [-0.2, 0) is 9.53 Å². The standard InChI is InChI=1S/C22H21N5O6/c1-30-14-8-5-12(6-9-14)20(28)17-18(21(29)33-4)23-22-24-25-26-27(22)19(17)13-7-10-15(31-2)16(11-13)32-3/h5-11,19H,1-4H3,(H,23,24,26)/t19-/m0/s1. The second-order valence-corrected chi connectivity index (χ2v) is 6.93. The van der Waals surface area contributed by atoms with Crippen LogP contribution in [0.3, 0.4) is 0 Å². The number of carbonyl (C=O) groups is 2.